The first-order chi connectivity index (χ1) is 8.56. The Morgan fingerprint density at radius 3 is 2.50 bits per heavy atom. The smallest absolute Gasteiger partial charge is 0.149 e. The van der Waals surface area contributed by atoms with Gasteiger partial charge in [0.05, 0.1) is 19.3 Å². The highest BCUT2D eigenvalue weighted by Gasteiger charge is 2.22. The van der Waals surface area contributed by atoms with E-state index in [0.717, 1.165) is 39.1 Å². The summed E-state index contributed by atoms with van der Waals surface area (Å²) in [6.45, 7) is 9.89. The fourth-order valence-electron chi connectivity index (χ4n) is 2.29. The van der Waals surface area contributed by atoms with E-state index in [4.69, 9.17) is 10.5 Å². The molecule has 0 spiro atoms. The average Bonchev–Trinajstić information content (AvgIpc) is 2.43. The molecule has 1 fully saturated rings. The minimum absolute atomic E-state index is 0.212. The van der Waals surface area contributed by atoms with Gasteiger partial charge in [-0.2, -0.15) is 0 Å². The molecule has 1 rings (SSSR count). The molecule has 1 aliphatic heterocycles. The molecule has 0 aromatic carbocycles. The number of hydrogen-bond donors (Lipinski definition) is 1. The number of carbonyl (C=O) groups excluding carboxylic acids is 1. The van der Waals surface area contributed by atoms with Crippen molar-refractivity contribution in [2.75, 3.05) is 26.3 Å². The SMILES string of the molecule is CCC(C)C(N)C(=O)CCC(C)N1CCOCC1. The van der Waals surface area contributed by atoms with Gasteiger partial charge in [0.25, 0.3) is 0 Å². The lowest BCUT2D eigenvalue weighted by atomic mass is 9.93. The lowest BCUT2D eigenvalue weighted by Gasteiger charge is -2.32. The van der Waals surface area contributed by atoms with Crippen LogP contribution in [0.25, 0.3) is 0 Å². The highest BCUT2D eigenvalue weighted by Crippen LogP contribution is 2.13. The van der Waals surface area contributed by atoms with Crippen molar-refractivity contribution in [3.05, 3.63) is 0 Å². The maximum absolute atomic E-state index is 12.0. The zero-order chi connectivity index (χ0) is 13.5. The molecule has 1 aliphatic rings. The highest BCUT2D eigenvalue weighted by atomic mass is 16.5. The van der Waals surface area contributed by atoms with Gasteiger partial charge in [-0.15, -0.1) is 0 Å². The van der Waals surface area contributed by atoms with Crippen LogP contribution in [-0.4, -0.2) is 49.1 Å². The summed E-state index contributed by atoms with van der Waals surface area (Å²) in [5, 5.41) is 0. The van der Waals surface area contributed by atoms with Crippen LogP contribution < -0.4 is 5.73 Å². The van der Waals surface area contributed by atoms with Crippen LogP contribution in [0.1, 0.15) is 40.0 Å². The zero-order valence-corrected chi connectivity index (χ0v) is 12.0. The number of Topliss-reactive ketones (excluding diaryl/α,β-unsaturated/α-hetero) is 1. The van der Waals surface area contributed by atoms with Crippen LogP contribution in [0.3, 0.4) is 0 Å². The summed E-state index contributed by atoms with van der Waals surface area (Å²) in [5.41, 5.74) is 5.95. The zero-order valence-electron chi connectivity index (χ0n) is 12.0. The minimum Gasteiger partial charge on any atom is -0.379 e. The van der Waals surface area contributed by atoms with E-state index in [1.807, 2.05) is 6.92 Å². The van der Waals surface area contributed by atoms with E-state index in [0.29, 0.717) is 12.5 Å². The predicted octanol–water partition coefficient (Wildman–Crippen LogP) is 1.43. The Balaban J connectivity index is 2.28. The van der Waals surface area contributed by atoms with Crippen molar-refractivity contribution >= 4 is 5.78 Å². The Hall–Kier alpha value is -0.450. The Labute approximate surface area is 111 Å². The molecule has 4 nitrogen and oxygen atoms in total. The number of nitrogens with two attached hydrogens (primary N) is 1. The minimum atomic E-state index is -0.285. The molecule has 3 atom stereocenters. The third-order valence-electron chi connectivity index (χ3n) is 4.11. The van der Waals surface area contributed by atoms with Gasteiger partial charge in [0, 0.05) is 25.6 Å². The van der Waals surface area contributed by atoms with Gasteiger partial charge in [-0.25, -0.2) is 0 Å². The number of carbonyl (C=O) groups is 1. The second-order valence-corrected chi connectivity index (χ2v) is 5.41. The van der Waals surface area contributed by atoms with E-state index in [2.05, 4.69) is 18.7 Å². The molecule has 0 amide bonds. The average molecular weight is 256 g/mol. The molecule has 1 heterocycles. The van der Waals surface area contributed by atoms with Crippen molar-refractivity contribution in [3.8, 4) is 0 Å². The van der Waals surface area contributed by atoms with Crippen molar-refractivity contribution in [2.45, 2.75) is 52.1 Å². The van der Waals surface area contributed by atoms with Crippen molar-refractivity contribution in [1.82, 2.24) is 4.90 Å². The molecule has 0 radical (unpaired) electrons. The lowest BCUT2D eigenvalue weighted by molar-refractivity contribution is -0.121. The fraction of sp³-hybridized carbons (Fsp3) is 0.929. The van der Waals surface area contributed by atoms with Gasteiger partial charge in [0.15, 0.2) is 0 Å². The van der Waals surface area contributed by atoms with E-state index in [9.17, 15) is 4.79 Å². The number of morpholine rings is 1. The van der Waals surface area contributed by atoms with Crippen LogP contribution in [0.5, 0.6) is 0 Å². The first-order valence-corrected chi connectivity index (χ1v) is 7.16. The number of hydrogen-bond acceptors (Lipinski definition) is 4. The molecule has 0 aromatic heterocycles. The highest BCUT2D eigenvalue weighted by molar-refractivity contribution is 5.84. The molecular formula is C14H28N2O2. The fourth-order valence-corrected chi connectivity index (χ4v) is 2.29. The molecule has 0 bridgehead atoms. The summed E-state index contributed by atoms with van der Waals surface area (Å²) < 4.78 is 5.33. The summed E-state index contributed by atoms with van der Waals surface area (Å²) in [6, 6.07) is 0.161. The largest absolute Gasteiger partial charge is 0.379 e. The topological polar surface area (TPSA) is 55.6 Å². The first-order valence-electron chi connectivity index (χ1n) is 7.16. The maximum Gasteiger partial charge on any atom is 0.149 e. The summed E-state index contributed by atoms with van der Waals surface area (Å²) in [6.07, 6.45) is 2.47. The Bertz CT molecular complexity index is 252. The molecule has 0 aromatic rings. The monoisotopic (exact) mass is 256 g/mol. The van der Waals surface area contributed by atoms with E-state index in [1.54, 1.807) is 0 Å². The third kappa shape index (κ3) is 4.67. The lowest BCUT2D eigenvalue weighted by Crippen LogP contribution is -2.43. The summed E-state index contributed by atoms with van der Waals surface area (Å²) >= 11 is 0. The van der Waals surface area contributed by atoms with Gasteiger partial charge in [0.1, 0.15) is 5.78 Å². The number of nitrogens with zero attached hydrogens (tertiary/aromatic N) is 1. The van der Waals surface area contributed by atoms with Crippen molar-refractivity contribution < 1.29 is 9.53 Å². The first kappa shape index (κ1) is 15.6. The van der Waals surface area contributed by atoms with Gasteiger partial charge in [0.2, 0.25) is 0 Å². The van der Waals surface area contributed by atoms with Crippen LogP contribution in [-0.2, 0) is 9.53 Å². The van der Waals surface area contributed by atoms with E-state index >= 15 is 0 Å². The summed E-state index contributed by atoms with van der Waals surface area (Å²) in [7, 11) is 0. The molecule has 2 N–H and O–H groups in total. The van der Waals surface area contributed by atoms with Crippen molar-refractivity contribution in [3.63, 3.8) is 0 Å². The molecule has 106 valence electrons. The van der Waals surface area contributed by atoms with Crippen LogP contribution in [0.2, 0.25) is 0 Å². The van der Waals surface area contributed by atoms with Crippen LogP contribution in [0.4, 0.5) is 0 Å². The van der Waals surface area contributed by atoms with Gasteiger partial charge in [-0.1, -0.05) is 20.3 Å². The Kier molecular flexibility index (Phi) is 6.82. The van der Waals surface area contributed by atoms with Crippen LogP contribution >= 0.6 is 0 Å². The number of ketones is 1. The quantitative estimate of drug-likeness (QED) is 0.748. The summed E-state index contributed by atoms with van der Waals surface area (Å²) in [5.74, 6) is 0.501. The van der Waals surface area contributed by atoms with Gasteiger partial charge < -0.3 is 10.5 Å². The van der Waals surface area contributed by atoms with E-state index < -0.39 is 0 Å². The standard InChI is InChI=1S/C14H28N2O2/c1-4-11(2)14(15)13(17)6-5-12(3)16-7-9-18-10-8-16/h11-12,14H,4-10,15H2,1-3H3. The molecule has 4 heteroatoms. The van der Waals surface area contributed by atoms with E-state index in [1.165, 1.54) is 0 Å². The Morgan fingerprint density at radius 1 is 1.33 bits per heavy atom. The van der Waals surface area contributed by atoms with Crippen LogP contribution in [0, 0.1) is 5.92 Å². The number of rotatable bonds is 7. The molecule has 3 unspecified atom stereocenters. The van der Waals surface area contributed by atoms with Gasteiger partial charge in [-0.05, 0) is 19.3 Å². The third-order valence-corrected chi connectivity index (χ3v) is 4.11. The second-order valence-electron chi connectivity index (χ2n) is 5.41. The van der Waals surface area contributed by atoms with Crippen LogP contribution in [0.15, 0.2) is 0 Å². The molecule has 0 aliphatic carbocycles. The maximum atomic E-state index is 12.0. The van der Waals surface area contributed by atoms with Gasteiger partial charge in [-0.3, -0.25) is 9.69 Å². The molecular weight excluding hydrogens is 228 g/mol. The molecule has 1 saturated heterocycles. The predicted molar refractivity (Wildman–Crippen MR) is 73.5 cm³/mol. The number of ether oxygens (including phenoxy) is 1. The Morgan fingerprint density at radius 2 is 1.94 bits per heavy atom. The summed E-state index contributed by atoms with van der Waals surface area (Å²) in [4.78, 5) is 14.4. The normalized spacial score (nSPS) is 22.4. The second kappa shape index (κ2) is 7.87. The van der Waals surface area contributed by atoms with Crippen molar-refractivity contribution in [2.24, 2.45) is 11.7 Å². The van der Waals surface area contributed by atoms with E-state index in [-0.39, 0.29) is 17.7 Å². The molecule has 18 heavy (non-hydrogen) atoms. The van der Waals surface area contributed by atoms with Crippen molar-refractivity contribution in [1.29, 1.82) is 0 Å². The molecule has 0 saturated carbocycles. The van der Waals surface area contributed by atoms with Gasteiger partial charge >= 0.3 is 0 Å².